The molecule has 4 nitrogen and oxygen atoms in total. The molecule has 0 aliphatic heterocycles. The average molecular weight is 168 g/mol. The van der Waals surface area contributed by atoms with Gasteiger partial charge in [-0.05, 0) is 6.92 Å². The predicted molar refractivity (Wildman–Crippen MR) is 48.1 cm³/mol. The number of nitro groups is 1. The molecule has 0 bridgehead atoms. The highest BCUT2D eigenvalue weighted by atomic mass is 16.6. The van der Waals surface area contributed by atoms with Gasteiger partial charge in [-0.15, -0.1) is 0 Å². The Morgan fingerprint density at radius 1 is 1.67 bits per heavy atom. The van der Waals surface area contributed by atoms with Gasteiger partial charge in [0, 0.05) is 18.7 Å². The Morgan fingerprint density at radius 2 is 2.25 bits per heavy atom. The molecule has 0 unspecified atom stereocenters. The molecule has 0 aliphatic carbocycles. The van der Waals surface area contributed by atoms with Crippen molar-refractivity contribution < 1.29 is 4.92 Å². The maximum atomic E-state index is 10.3. The van der Waals surface area contributed by atoms with E-state index in [1.807, 2.05) is 0 Å². The van der Waals surface area contributed by atoms with E-state index in [0.717, 1.165) is 5.57 Å². The molecular weight excluding hydrogens is 156 g/mol. The molecule has 0 aromatic heterocycles. The zero-order valence-corrected chi connectivity index (χ0v) is 6.99. The van der Waals surface area contributed by atoms with Gasteiger partial charge in [0.1, 0.15) is 0 Å². The van der Waals surface area contributed by atoms with Crippen LogP contribution in [-0.4, -0.2) is 11.5 Å². The number of nitrogens with zero attached hydrogens (tertiary/aromatic N) is 1. The summed E-state index contributed by atoms with van der Waals surface area (Å²) in [4.78, 5) is 9.82. The van der Waals surface area contributed by atoms with Crippen LogP contribution in [0.15, 0.2) is 36.1 Å². The SMILES string of the molecule is C=C(C)/C=C\C(=C/CN)[N+](=O)[O-]. The molecule has 2 N–H and O–H groups in total. The van der Waals surface area contributed by atoms with Gasteiger partial charge >= 0.3 is 0 Å². The first-order valence-corrected chi connectivity index (χ1v) is 3.46. The Kier molecular flexibility index (Phi) is 4.64. The molecule has 4 heteroatoms. The Hall–Kier alpha value is -1.42. The molecule has 0 rings (SSSR count). The van der Waals surface area contributed by atoms with Crippen LogP contribution in [0.2, 0.25) is 0 Å². The molecule has 0 aromatic carbocycles. The van der Waals surface area contributed by atoms with Gasteiger partial charge < -0.3 is 5.73 Å². The summed E-state index contributed by atoms with van der Waals surface area (Å²) in [6.45, 7) is 5.50. The van der Waals surface area contributed by atoms with Gasteiger partial charge in [-0.25, -0.2) is 0 Å². The molecule has 0 saturated carbocycles. The molecule has 0 saturated heterocycles. The van der Waals surface area contributed by atoms with Gasteiger partial charge in [-0.1, -0.05) is 18.2 Å². The normalized spacial score (nSPS) is 12.0. The third kappa shape index (κ3) is 4.40. The van der Waals surface area contributed by atoms with Crippen LogP contribution in [0.1, 0.15) is 6.92 Å². The van der Waals surface area contributed by atoms with Crippen LogP contribution in [0.5, 0.6) is 0 Å². The van der Waals surface area contributed by atoms with Crippen LogP contribution >= 0.6 is 0 Å². The molecule has 0 aliphatic rings. The first-order valence-electron chi connectivity index (χ1n) is 3.46. The minimum Gasteiger partial charge on any atom is -0.327 e. The van der Waals surface area contributed by atoms with Gasteiger partial charge in [-0.3, -0.25) is 10.1 Å². The predicted octanol–water partition coefficient (Wildman–Crippen LogP) is 1.24. The second kappa shape index (κ2) is 5.26. The van der Waals surface area contributed by atoms with Crippen LogP contribution < -0.4 is 5.73 Å². The lowest BCUT2D eigenvalue weighted by Crippen LogP contribution is -2.01. The van der Waals surface area contributed by atoms with Crippen LogP contribution in [0.4, 0.5) is 0 Å². The fraction of sp³-hybridized carbons (Fsp3) is 0.250. The Balaban J connectivity index is 4.45. The topological polar surface area (TPSA) is 69.2 Å². The minimum atomic E-state index is -0.480. The lowest BCUT2D eigenvalue weighted by atomic mass is 10.3. The van der Waals surface area contributed by atoms with E-state index >= 15 is 0 Å². The molecule has 0 heterocycles. The third-order valence-electron chi connectivity index (χ3n) is 1.08. The fourth-order valence-electron chi connectivity index (χ4n) is 0.552. The van der Waals surface area contributed by atoms with Crippen molar-refractivity contribution in [2.24, 2.45) is 5.73 Å². The first kappa shape index (κ1) is 10.6. The van der Waals surface area contributed by atoms with Crippen molar-refractivity contribution in [3.05, 3.63) is 46.2 Å². The highest BCUT2D eigenvalue weighted by molar-refractivity contribution is 5.20. The van der Waals surface area contributed by atoms with Gasteiger partial charge in [0.25, 0.3) is 5.70 Å². The number of rotatable bonds is 4. The van der Waals surface area contributed by atoms with Crippen molar-refractivity contribution >= 4 is 0 Å². The molecule has 0 spiro atoms. The summed E-state index contributed by atoms with van der Waals surface area (Å²) < 4.78 is 0. The Labute approximate surface area is 71.2 Å². The van der Waals surface area contributed by atoms with Crippen LogP contribution in [0, 0.1) is 10.1 Å². The van der Waals surface area contributed by atoms with Gasteiger partial charge in [0.2, 0.25) is 0 Å². The van der Waals surface area contributed by atoms with E-state index in [1.54, 1.807) is 13.0 Å². The number of allylic oxidation sites excluding steroid dienone is 3. The summed E-state index contributed by atoms with van der Waals surface area (Å²) >= 11 is 0. The van der Waals surface area contributed by atoms with Crippen molar-refractivity contribution in [1.82, 2.24) is 0 Å². The molecule has 0 amide bonds. The smallest absolute Gasteiger partial charge is 0.266 e. The minimum absolute atomic E-state index is 0.000463. The summed E-state index contributed by atoms with van der Waals surface area (Å²) in [6.07, 6.45) is 4.30. The van der Waals surface area contributed by atoms with Crippen molar-refractivity contribution in [3.63, 3.8) is 0 Å². The summed E-state index contributed by atoms with van der Waals surface area (Å²) in [5.74, 6) is 0. The highest BCUT2D eigenvalue weighted by Crippen LogP contribution is 1.99. The quantitative estimate of drug-likeness (QED) is 0.390. The van der Waals surface area contributed by atoms with E-state index < -0.39 is 4.92 Å². The molecule has 0 aromatic rings. The lowest BCUT2D eigenvalue weighted by molar-refractivity contribution is -0.419. The van der Waals surface area contributed by atoms with Gasteiger partial charge in [0.05, 0.1) is 4.92 Å². The monoisotopic (exact) mass is 168 g/mol. The maximum absolute atomic E-state index is 10.3. The molecule has 0 radical (unpaired) electrons. The Morgan fingerprint density at radius 3 is 2.58 bits per heavy atom. The molecule has 0 atom stereocenters. The largest absolute Gasteiger partial charge is 0.327 e. The second-order valence-corrected chi connectivity index (χ2v) is 2.30. The second-order valence-electron chi connectivity index (χ2n) is 2.30. The first-order chi connectivity index (χ1) is 5.57. The fourth-order valence-corrected chi connectivity index (χ4v) is 0.552. The Bertz CT molecular complexity index is 241. The van der Waals surface area contributed by atoms with Gasteiger partial charge in [0.15, 0.2) is 0 Å². The van der Waals surface area contributed by atoms with E-state index in [-0.39, 0.29) is 12.2 Å². The van der Waals surface area contributed by atoms with Crippen molar-refractivity contribution in [2.75, 3.05) is 6.54 Å². The average Bonchev–Trinajstić information content (AvgIpc) is 1.96. The standard InChI is InChI=1S/C8H12N2O2/c1-7(2)3-4-8(5-6-9)10(11)12/h3-5H,1,6,9H2,2H3/b4-3-,8-5+. The molecule has 0 fully saturated rings. The summed E-state index contributed by atoms with van der Waals surface area (Å²) in [6, 6.07) is 0. The van der Waals surface area contributed by atoms with Crippen LogP contribution in [0.3, 0.4) is 0 Å². The maximum Gasteiger partial charge on any atom is 0.266 e. The molecule has 12 heavy (non-hydrogen) atoms. The summed E-state index contributed by atoms with van der Waals surface area (Å²) in [7, 11) is 0. The van der Waals surface area contributed by atoms with Crippen LogP contribution in [-0.2, 0) is 0 Å². The highest BCUT2D eigenvalue weighted by Gasteiger charge is 2.02. The van der Waals surface area contributed by atoms with E-state index in [9.17, 15) is 10.1 Å². The van der Waals surface area contributed by atoms with Crippen LogP contribution in [0.25, 0.3) is 0 Å². The zero-order chi connectivity index (χ0) is 9.56. The number of hydrogen-bond acceptors (Lipinski definition) is 3. The summed E-state index contributed by atoms with van der Waals surface area (Å²) in [5.41, 5.74) is 5.90. The molecular formula is C8H12N2O2. The summed E-state index contributed by atoms with van der Waals surface area (Å²) in [5, 5.41) is 10.3. The third-order valence-corrected chi connectivity index (χ3v) is 1.08. The lowest BCUT2D eigenvalue weighted by Gasteiger charge is -1.89. The van der Waals surface area contributed by atoms with E-state index in [0.29, 0.717) is 0 Å². The van der Waals surface area contributed by atoms with Gasteiger partial charge in [-0.2, -0.15) is 0 Å². The van der Waals surface area contributed by atoms with E-state index in [4.69, 9.17) is 5.73 Å². The molecule has 66 valence electrons. The van der Waals surface area contributed by atoms with Crippen molar-refractivity contribution in [1.29, 1.82) is 0 Å². The zero-order valence-electron chi connectivity index (χ0n) is 6.99. The van der Waals surface area contributed by atoms with Crippen molar-refractivity contribution in [3.8, 4) is 0 Å². The van der Waals surface area contributed by atoms with E-state index in [2.05, 4.69) is 6.58 Å². The number of nitrogens with two attached hydrogens (primary N) is 1. The van der Waals surface area contributed by atoms with E-state index in [1.165, 1.54) is 12.2 Å². The number of hydrogen-bond donors (Lipinski definition) is 1. The van der Waals surface area contributed by atoms with Crippen molar-refractivity contribution in [2.45, 2.75) is 6.92 Å².